The lowest BCUT2D eigenvalue weighted by atomic mass is 8.87. The Labute approximate surface area is 464 Å². The first-order chi connectivity index (χ1) is 29.1. The summed E-state index contributed by atoms with van der Waals surface area (Å²) in [6, 6.07) is 7.25. The molecule has 0 bridgehead atoms. The second-order valence-electron chi connectivity index (χ2n) is 23.9. The summed E-state index contributed by atoms with van der Waals surface area (Å²) in [5, 5.41) is 6.68. The number of hydrogen-bond donors (Lipinski definition) is 0. The zero-order valence-corrected chi connectivity index (χ0v) is 62.3. The van der Waals surface area contributed by atoms with Crippen molar-refractivity contribution >= 4 is 194 Å². The first-order valence-corrected chi connectivity index (χ1v) is 57.1. The first-order valence-electron chi connectivity index (χ1n) is 23.2. The van der Waals surface area contributed by atoms with Crippen LogP contribution >= 0.6 is 127 Å². The Bertz CT molecular complexity index is 1290. The van der Waals surface area contributed by atoms with Crippen molar-refractivity contribution in [3.8, 4) is 0 Å². The molecule has 6 rings (SSSR count). The van der Waals surface area contributed by atoms with Crippen LogP contribution in [0.4, 0.5) is 0 Å². The van der Waals surface area contributed by atoms with E-state index in [1.165, 1.54) is 0 Å². The van der Waals surface area contributed by atoms with Gasteiger partial charge in [-0.15, -0.1) is 0 Å². The highest BCUT2D eigenvalue weighted by Crippen LogP contribution is 3.17. The third-order valence-electron chi connectivity index (χ3n) is 15.0. The molecule has 376 valence electrons. The summed E-state index contributed by atoms with van der Waals surface area (Å²) in [5.74, 6) is 0. The average molecular weight is 1550 g/mol. The predicted octanol–water partition coefficient (Wildman–Crippen LogP) is 14.9. The molecule has 24 heteroatoms. The van der Waals surface area contributed by atoms with E-state index in [0.29, 0.717) is 0 Å². The Morgan fingerprint density at radius 1 is 0.203 bits per heavy atom. The number of alkyl halides is 8. The van der Waals surface area contributed by atoms with E-state index in [1.54, 1.807) is 0 Å². The molecular formula is C40H80Br8O8Si8. The van der Waals surface area contributed by atoms with Crippen LogP contribution in [0.5, 0.6) is 0 Å². The van der Waals surface area contributed by atoms with Gasteiger partial charge in [-0.25, -0.2) is 0 Å². The second kappa shape index (κ2) is 19.7. The van der Waals surface area contributed by atoms with Gasteiger partial charge in [0.1, 0.15) is 0 Å². The molecule has 0 atom stereocenters. The van der Waals surface area contributed by atoms with E-state index >= 15 is 0 Å². The van der Waals surface area contributed by atoms with Gasteiger partial charge in [0.25, 0.3) is 0 Å². The van der Waals surface area contributed by atoms with Gasteiger partial charge in [-0.3, -0.25) is 0 Å². The van der Waals surface area contributed by atoms with Crippen LogP contribution < -0.4 is 0 Å². The van der Waals surface area contributed by atoms with Crippen LogP contribution in [0.1, 0.15) is 0 Å². The van der Waals surface area contributed by atoms with Gasteiger partial charge in [-0.2, -0.15) is 0 Å². The summed E-state index contributed by atoms with van der Waals surface area (Å²) < 4.78 is 67.8. The molecule has 0 aromatic heterocycles. The van der Waals surface area contributed by atoms with Gasteiger partial charge in [-0.1, -0.05) is 127 Å². The van der Waals surface area contributed by atoms with Gasteiger partial charge >= 0.3 is 0 Å². The molecule has 0 aliphatic heterocycles. The highest BCUT2D eigenvalue weighted by Gasteiger charge is 3.46. The van der Waals surface area contributed by atoms with Gasteiger partial charge in [0.15, 0.2) is 111 Å². The van der Waals surface area contributed by atoms with E-state index in [2.05, 4.69) is 232 Å². The first kappa shape index (κ1) is 60.1. The number of rotatable bonds is 32. The fraction of sp³-hybridized carbons (Fsp3) is 1.00. The highest BCUT2D eigenvalue weighted by atomic mass is 79.9. The quantitative estimate of drug-likeness (QED) is 0.0487. The summed E-state index contributed by atoms with van der Waals surface area (Å²) in [7, 11) is -20.8. The van der Waals surface area contributed by atoms with Crippen LogP contribution in [0.25, 0.3) is 0 Å². The van der Waals surface area contributed by atoms with E-state index in [-0.39, 0.29) is 0 Å². The summed E-state index contributed by atoms with van der Waals surface area (Å²) in [6.07, 6.45) is 0. The normalized spacial score (nSPS) is 35.6. The van der Waals surface area contributed by atoms with Gasteiger partial charge in [-0.05, 0) is 153 Å². The molecule has 0 aromatic carbocycles. The van der Waals surface area contributed by atoms with E-state index in [4.69, 9.17) is 35.4 Å². The zero-order chi connectivity index (χ0) is 49.0. The molecule has 0 spiro atoms. The number of halogens is 8. The van der Waals surface area contributed by atoms with E-state index < -0.39 is 111 Å². The predicted molar refractivity (Wildman–Crippen MR) is 319 cm³/mol. The Morgan fingerprint density at radius 2 is 0.281 bits per heavy atom. The smallest absolute Gasteiger partial charge is 0.188 e. The molecule has 0 unspecified atom stereocenters. The summed E-state index contributed by atoms with van der Waals surface area (Å²) in [4.78, 5) is 0. The minimum Gasteiger partial charge on any atom is -0.403 e. The molecular weight excluding hydrogens is 1470 g/mol. The Morgan fingerprint density at radius 3 is 0.344 bits per heavy atom. The van der Waals surface area contributed by atoms with Crippen molar-refractivity contribution in [2.45, 2.75) is 198 Å². The fourth-order valence-corrected chi connectivity index (χ4v) is 50.3. The van der Waals surface area contributed by atoms with Crippen molar-refractivity contribution in [1.29, 1.82) is 0 Å². The van der Waals surface area contributed by atoms with E-state index in [1.807, 2.05) is 0 Å². The third kappa shape index (κ3) is 7.90. The molecule has 0 N–H and O–H groups in total. The summed E-state index contributed by atoms with van der Waals surface area (Å²) in [6.45, 7) is 38.2. The molecule has 0 amide bonds. The van der Waals surface area contributed by atoms with Crippen molar-refractivity contribution < 1.29 is 35.4 Å². The van der Waals surface area contributed by atoms with Crippen molar-refractivity contribution in [3.63, 3.8) is 0 Å². The van der Waals surface area contributed by atoms with Crippen molar-refractivity contribution in [2.24, 2.45) is 0 Å². The lowest BCUT2D eigenvalue weighted by Gasteiger charge is -3.25. The van der Waals surface area contributed by atoms with Crippen LogP contribution in [0, 0.1) is 0 Å². The maximum absolute atomic E-state index is 8.48. The van der Waals surface area contributed by atoms with Crippen LogP contribution in [0.2, 0.25) is 153 Å². The van der Waals surface area contributed by atoms with Crippen molar-refractivity contribution in [1.82, 2.24) is 0 Å². The molecule has 0 saturated heterocycles. The molecule has 6 fully saturated rings. The third-order valence-corrected chi connectivity index (χ3v) is 42.5. The van der Waals surface area contributed by atoms with Gasteiger partial charge in [0.2, 0.25) is 0 Å². The van der Waals surface area contributed by atoms with Gasteiger partial charge < -0.3 is 35.4 Å². The molecule has 0 aromatic rings. The minimum absolute atomic E-state index is 0.835. The molecule has 6 aliphatic rings. The Hall–Kier alpha value is 5.26. The van der Waals surface area contributed by atoms with Gasteiger partial charge in [0.05, 0.1) is 0 Å². The van der Waals surface area contributed by atoms with Crippen LogP contribution in [-0.4, -0.2) is 154 Å². The van der Waals surface area contributed by atoms with Crippen LogP contribution in [0.15, 0.2) is 0 Å². The maximum Gasteiger partial charge on any atom is 0.188 e. The fourth-order valence-electron chi connectivity index (χ4n) is 12.8. The standard InChI is InChI=1S/C40H80Br8O8Si8/c1-57(2,25-17-41)49-33-34(50-58(3,4)26-18-42)37(53-61(9,10)29-21-45)35(33,51-59(5,6)27-19-43)39(55-63(13,14)31-23-47)36(33,52-60(7,8)28-20-44)38(34,54-62(11,12)30-22-46)40(37,39)56-64(15,16)32-24-48/h17-32H2,1-16H3. The van der Waals surface area contributed by atoms with Crippen molar-refractivity contribution in [3.05, 3.63) is 0 Å². The van der Waals surface area contributed by atoms with Crippen LogP contribution in [0.3, 0.4) is 0 Å². The van der Waals surface area contributed by atoms with Crippen molar-refractivity contribution in [2.75, 3.05) is 42.6 Å². The largest absolute Gasteiger partial charge is 0.403 e. The Kier molecular flexibility index (Phi) is 18.5. The topological polar surface area (TPSA) is 73.8 Å². The lowest BCUT2D eigenvalue weighted by molar-refractivity contribution is -0.838. The SMILES string of the molecule is C[Si](C)(CCBr)OC12C3(O[Si](C)(C)CCBr)C4(O[Si](C)(C)CCBr)C1(O[Si](C)(C)CCBr)C1(O[Si](C)(C)CCBr)C2(O[Si](C)(C)CCBr)C3(O[Si](C)(C)CCBr)C41O[Si](C)(C)CCBr. The molecule has 6 saturated carbocycles. The zero-order valence-electron chi connectivity index (χ0n) is 41.6. The molecule has 0 radical (unpaired) electrons. The maximum atomic E-state index is 8.48. The van der Waals surface area contributed by atoms with Crippen LogP contribution in [-0.2, 0) is 35.4 Å². The van der Waals surface area contributed by atoms with E-state index in [0.717, 1.165) is 91.0 Å². The number of hydrogen-bond acceptors (Lipinski definition) is 8. The molecule has 0 heterocycles. The summed E-state index contributed by atoms with van der Waals surface area (Å²) >= 11 is 31.2. The summed E-state index contributed by atoms with van der Waals surface area (Å²) in [5.41, 5.74) is -8.80. The average Bonchev–Trinajstić information content (AvgIpc) is 3.09. The lowest BCUT2D eigenvalue weighted by Crippen LogP contribution is -3.53. The monoisotopic (exact) mass is 1540 g/mol. The van der Waals surface area contributed by atoms with Gasteiger partial charge in [0, 0.05) is 42.6 Å². The van der Waals surface area contributed by atoms with E-state index in [9.17, 15) is 0 Å². The highest BCUT2D eigenvalue weighted by molar-refractivity contribution is 9.10. The molecule has 8 nitrogen and oxygen atoms in total. The molecule has 6 aliphatic carbocycles. The second-order valence-corrected chi connectivity index (χ2v) is 64.0. The Balaban J connectivity index is 2.16. The minimum atomic E-state index is -2.60. The molecule has 64 heavy (non-hydrogen) atoms.